The van der Waals surface area contributed by atoms with E-state index in [-0.39, 0.29) is 23.9 Å². The van der Waals surface area contributed by atoms with Crippen LogP contribution >= 0.6 is 12.4 Å². The van der Waals surface area contributed by atoms with E-state index in [4.69, 9.17) is 0 Å². The molecule has 0 spiro atoms. The molecule has 0 bridgehead atoms. The second-order valence-electron chi connectivity index (χ2n) is 5.09. The number of nitrogens with zero attached hydrogens (tertiary/aromatic N) is 2. The van der Waals surface area contributed by atoms with Crippen molar-refractivity contribution in [1.82, 2.24) is 4.90 Å². The fraction of sp³-hybridized carbons (Fsp3) is 0.235. The second kappa shape index (κ2) is 7.27. The van der Waals surface area contributed by atoms with Crippen molar-refractivity contribution in [2.45, 2.75) is 0 Å². The summed E-state index contributed by atoms with van der Waals surface area (Å²) in [5, 5.41) is 0. The first kappa shape index (κ1) is 16.3. The van der Waals surface area contributed by atoms with E-state index in [0.29, 0.717) is 13.1 Å². The molecule has 0 aliphatic carbocycles. The number of amides is 1. The maximum atomic E-state index is 13.7. The summed E-state index contributed by atoms with van der Waals surface area (Å²) in [5.74, 6) is -0.672. The van der Waals surface area contributed by atoms with Crippen LogP contribution in [0.5, 0.6) is 0 Å². The zero-order valence-electron chi connectivity index (χ0n) is 12.1. The number of benzene rings is 2. The molecule has 3 nitrogen and oxygen atoms in total. The molecule has 0 saturated carbocycles. The number of piperazine rings is 1. The van der Waals surface area contributed by atoms with Gasteiger partial charge < -0.3 is 9.80 Å². The summed E-state index contributed by atoms with van der Waals surface area (Å²) in [6.45, 7) is 2.76. The summed E-state index contributed by atoms with van der Waals surface area (Å²) in [6.07, 6.45) is 0. The number of halogens is 2. The average Bonchev–Trinajstić information content (AvgIpc) is 2.56. The van der Waals surface area contributed by atoms with E-state index in [1.165, 1.54) is 6.07 Å². The van der Waals surface area contributed by atoms with Crippen LogP contribution in [-0.2, 0) is 0 Å². The van der Waals surface area contributed by atoms with Crippen molar-refractivity contribution in [2.75, 3.05) is 31.1 Å². The highest BCUT2D eigenvalue weighted by Gasteiger charge is 2.23. The molecule has 0 aromatic heterocycles. The molecule has 1 aliphatic rings. The molecule has 0 atom stereocenters. The standard InChI is InChI=1S/C17H17FN2O.ClH/c18-16-9-5-4-8-15(16)17(21)20-12-10-19(11-13-20)14-6-2-1-3-7-14;/h1-9H,10-13H2;1H. The average molecular weight is 321 g/mol. The first-order chi connectivity index (χ1) is 10.3. The number of anilines is 1. The number of rotatable bonds is 2. The third-order valence-corrected chi connectivity index (χ3v) is 3.79. The summed E-state index contributed by atoms with van der Waals surface area (Å²) in [6, 6.07) is 16.3. The Bertz CT molecular complexity index is 628. The molecule has 2 aromatic rings. The molecule has 116 valence electrons. The van der Waals surface area contributed by atoms with Crippen LogP contribution < -0.4 is 4.90 Å². The molecule has 0 radical (unpaired) electrons. The van der Waals surface area contributed by atoms with Gasteiger partial charge in [-0.1, -0.05) is 30.3 Å². The van der Waals surface area contributed by atoms with Gasteiger partial charge in [-0.05, 0) is 24.3 Å². The molecular weight excluding hydrogens is 303 g/mol. The molecule has 22 heavy (non-hydrogen) atoms. The zero-order valence-corrected chi connectivity index (χ0v) is 12.9. The van der Waals surface area contributed by atoms with E-state index in [1.807, 2.05) is 18.2 Å². The fourth-order valence-corrected chi connectivity index (χ4v) is 2.61. The number of carbonyl (C=O) groups is 1. The SMILES string of the molecule is Cl.O=C(c1ccccc1F)N1CCN(c2ccccc2)CC1. The summed E-state index contributed by atoms with van der Waals surface area (Å²) >= 11 is 0. The number of hydrogen-bond acceptors (Lipinski definition) is 2. The molecule has 1 fully saturated rings. The van der Waals surface area contributed by atoms with Crippen LogP contribution in [0.3, 0.4) is 0 Å². The van der Waals surface area contributed by atoms with Gasteiger partial charge in [-0.2, -0.15) is 0 Å². The van der Waals surface area contributed by atoms with Gasteiger partial charge in [0.1, 0.15) is 5.82 Å². The van der Waals surface area contributed by atoms with Crippen LogP contribution in [0.25, 0.3) is 0 Å². The van der Waals surface area contributed by atoms with Crippen molar-refractivity contribution in [3.05, 3.63) is 66.0 Å². The fourth-order valence-electron chi connectivity index (χ4n) is 2.61. The Morgan fingerprint density at radius 2 is 1.45 bits per heavy atom. The first-order valence-corrected chi connectivity index (χ1v) is 7.09. The summed E-state index contributed by atoms with van der Waals surface area (Å²) < 4.78 is 13.7. The molecule has 1 heterocycles. The summed E-state index contributed by atoms with van der Waals surface area (Å²) in [7, 11) is 0. The van der Waals surface area contributed by atoms with Crippen molar-refractivity contribution in [3.63, 3.8) is 0 Å². The highest BCUT2D eigenvalue weighted by molar-refractivity contribution is 5.94. The predicted molar refractivity (Wildman–Crippen MR) is 88.2 cm³/mol. The quantitative estimate of drug-likeness (QED) is 0.848. The number of para-hydroxylation sites is 1. The van der Waals surface area contributed by atoms with Crippen LogP contribution in [-0.4, -0.2) is 37.0 Å². The Labute approximate surface area is 135 Å². The molecule has 1 amide bonds. The van der Waals surface area contributed by atoms with Gasteiger partial charge in [-0.3, -0.25) is 4.79 Å². The molecule has 0 unspecified atom stereocenters. The van der Waals surface area contributed by atoms with Crippen molar-refractivity contribution in [2.24, 2.45) is 0 Å². The van der Waals surface area contributed by atoms with Crippen LogP contribution in [0.15, 0.2) is 54.6 Å². The Kier molecular flexibility index (Phi) is 5.39. The van der Waals surface area contributed by atoms with Crippen LogP contribution in [0.2, 0.25) is 0 Å². The monoisotopic (exact) mass is 320 g/mol. The minimum atomic E-state index is -0.451. The molecule has 1 aliphatic heterocycles. The molecule has 5 heteroatoms. The third kappa shape index (κ3) is 3.39. The van der Waals surface area contributed by atoms with Crippen molar-refractivity contribution < 1.29 is 9.18 Å². The van der Waals surface area contributed by atoms with E-state index < -0.39 is 5.82 Å². The minimum absolute atomic E-state index is 0. The maximum absolute atomic E-state index is 13.7. The first-order valence-electron chi connectivity index (χ1n) is 7.09. The largest absolute Gasteiger partial charge is 0.368 e. The smallest absolute Gasteiger partial charge is 0.256 e. The topological polar surface area (TPSA) is 23.6 Å². The lowest BCUT2D eigenvalue weighted by atomic mass is 10.1. The molecule has 1 saturated heterocycles. The Morgan fingerprint density at radius 3 is 2.09 bits per heavy atom. The third-order valence-electron chi connectivity index (χ3n) is 3.79. The van der Waals surface area contributed by atoms with Gasteiger partial charge in [0.15, 0.2) is 0 Å². The van der Waals surface area contributed by atoms with Crippen molar-refractivity contribution in [1.29, 1.82) is 0 Å². The normalized spacial score (nSPS) is 14.4. The van der Waals surface area contributed by atoms with Gasteiger partial charge in [0, 0.05) is 31.9 Å². The lowest BCUT2D eigenvalue weighted by Gasteiger charge is -2.36. The molecule has 0 N–H and O–H groups in total. The van der Waals surface area contributed by atoms with E-state index >= 15 is 0 Å². The van der Waals surface area contributed by atoms with Gasteiger partial charge >= 0.3 is 0 Å². The van der Waals surface area contributed by atoms with Gasteiger partial charge in [0.05, 0.1) is 5.56 Å². The summed E-state index contributed by atoms with van der Waals surface area (Å²) in [4.78, 5) is 16.3. The number of hydrogen-bond donors (Lipinski definition) is 0. The highest BCUT2D eigenvalue weighted by atomic mass is 35.5. The van der Waals surface area contributed by atoms with E-state index in [2.05, 4.69) is 17.0 Å². The number of carbonyl (C=O) groups excluding carboxylic acids is 1. The van der Waals surface area contributed by atoms with Gasteiger partial charge in [0.2, 0.25) is 0 Å². The van der Waals surface area contributed by atoms with Crippen LogP contribution in [0.4, 0.5) is 10.1 Å². The van der Waals surface area contributed by atoms with Crippen LogP contribution in [0.1, 0.15) is 10.4 Å². The van der Waals surface area contributed by atoms with E-state index in [1.54, 1.807) is 23.1 Å². The van der Waals surface area contributed by atoms with Crippen LogP contribution in [0, 0.1) is 5.82 Å². The highest BCUT2D eigenvalue weighted by Crippen LogP contribution is 2.17. The Balaban J connectivity index is 0.00000176. The molecule has 3 rings (SSSR count). The van der Waals surface area contributed by atoms with Crippen molar-refractivity contribution in [3.8, 4) is 0 Å². The van der Waals surface area contributed by atoms with Gasteiger partial charge in [0.25, 0.3) is 5.91 Å². The lowest BCUT2D eigenvalue weighted by Crippen LogP contribution is -2.49. The van der Waals surface area contributed by atoms with E-state index in [0.717, 1.165) is 18.8 Å². The minimum Gasteiger partial charge on any atom is -0.368 e. The maximum Gasteiger partial charge on any atom is 0.256 e. The van der Waals surface area contributed by atoms with Crippen molar-refractivity contribution >= 4 is 24.0 Å². The lowest BCUT2D eigenvalue weighted by molar-refractivity contribution is 0.0742. The second-order valence-corrected chi connectivity index (χ2v) is 5.09. The van der Waals surface area contributed by atoms with Gasteiger partial charge in [-0.15, -0.1) is 12.4 Å². The van der Waals surface area contributed by atoms with Gasteiger partial charge in [-0.25, -0.2) is 4.39 Å². The molecular formula is C17H18ClFN2O. The molecule has 2 aromatic carbocycles. The summed E-state index contributed by atoms with van der Waals surface area (Å²) in [5.41, 5.74) is 1.32. The Hall–Kier alpha value is -2.07. The van der Waals surface area contributed by atoms with E-state index in [9.17, 15) is 9.18 Å². The predicted octanol–water partition coefficient (Wildman–Crippen LogP) is 3.21. The Morgan fingerprint density at radius 1 is 0.864 bits per heavy atom. The zero-order chi connectivity index (χ0) is 14.7.